The number of carbonyl (C=O) groups excluding carboxylic acids is 2. The van der Waals surface area contributed by atoms with Crippen molar-refractivity contribution in [2.45, 2.75) is 44.2 Å². The number of nitrogens with one attached hydrogen (secondary N) is 2. The molecule has 0 bridgehead atoms. The van der Waals surface area contributed by atoms with Gasteiger partial charge in [0.15, 0.2) is 12.4 Å². The average molecular weight is 440 g/mol. The smallest absolute Gasteiger partial charge is 0.416 e. The lowest BCUT2D eigenvalue weighted by Gasteiger charge is -2.17. The Morgan fingerprint density at radius 2 is 1.87 bits per heavy atom. The highest BCUT2D eigenvalue weighted by molar-refractivity contribution is 5.89. The largest absolute Gasteiger partial charge is 0.484 e. The molecule has 1 aliphatic rings. The molecule has 0 aliphatic heterocycles. The molecule has 1 fully saturated rings. The number of amides is 2. The van der Waals surface area contributed by atoms with E-state index in [0.717, 1.165) is 37.8 Å². The minimum atomic E-state index is -4.49. The van der Waals surface area contributed by atoms with E-state index in [0.29, 0.717) is 5.82 Å². The molecule has 0 unspecified atom stereocenters. The molecule has 8 nitrogen and oxygen atoms in total. The average Bonchev–Trinajstić information content (AvgIpc) is 3.26. The monoisotopic (exact) mass is 440 g/mol. The molecular formula is C20H23F3N4O4. The van der Waals surface area contributed by atoms with Gasteiger partial charge in [-0.1, -0.05) is 30.5 Å². The molecule has 0 saturated heterocycles. The van der Waals surface area contributed by atoms with Gasteiger partial charge in [-0.25, -0.2) is 0 Å². The van der Waals surface area contributed by atoms with Crippen LogP contribution in [0.4, 0.5) is 13.2 Å². The molecule has 1 heterocycles. The molecule has 0 atom stereocenters. The van der Waals surface area contributed by atoms with Crippen LogP contribution in [0.25, 0.3) is 0 Å². The maximum atomic E-state index is 12.7. The summed E-state index contributed by atoms with van der Waals surface area (Å²) in [6.07, 6.45) is 0.883. The van der Waals surface area contributed by atoms with Crippen LogP contribution in [0.2, 0.25) is 0 Å². The van der Waals surface area contributed by atoms with Crippen LogP contribution in [-0.4, -0.2) is 41.7 Å². The molecule has 1 saturated carbocycles. The number of hydrogen-bond acceptors (Lipinski definition) is 6. The molecule has 0 spiro atoms. The predicted octanol–water partition coefficient (Wildman–Crippen LogP) is 3.06. The Morgan fingerprint density at radius 3 is 2.61 bits per heavy atom. The number of nitrogens with zero attached hydrogens (tertiary/aromatic N) is 2. The molecule has 3 rings (SSSR count). The Labute approximate surface area is 176 Å². The van der Waals surface area contributed by atoms with E-state index in [4.69, 9.17) is 9.26 Å². The Hall–Kier alpha value is -3.11. The summed E-state index contributed by atoms with van der Waals surface area (Å²) in [6, 6.07) is 4.26. The van der Waals surface area contributed by atoms with Crippen molar-refractivity contribution in [3.63, 3.8) is 0 Å². The van der Waals surface area contributed by atoms with Gasteiger partial charge in [0.05, 0.1) is 5.56 Å². The van der Waals surface area contributed by atoms with E-state index in [1.54, 1.807) is 0 Å². The zero-order chi connectivity index (χ0) is 22.3. The molecule has 168 valence electrons. The summed E-state index contributed by atoms with van der Waals surface area (Å²) in [4.78, 5) is 28.0. The van der Waals surface area contributed by atoms with E-state index in [1.807, 2.05) is 0 Å². The van der Waals surface area contributed by atoms with Crippen LogP contribution in [0.5, 0.6) is 5.75 Å². The van der Waals surface area contributed by atoms with E-state index in [9.17, 15) is 22.8 Å². The first-order valence-electron chi connectivity index (χ1n) is 10.0. The zero-order valence-corrected chi connectivity index (χ0v) is 16.7. The van der Waals surface area contributed by atoms with Crippen molar-refractivity contribution in [2.24, 2.45) is 0 Å². The quantitative estimate of drug-likeness (QED) is 0.611. The summed E-state index contributed by atoms with van der Waals surface area (Å²) >= 11 is 0. The van der Waals surface area contributed by atoms with Crippen LogP contribution < -0.4 is 15.4 Å². The number of carbonyl (C=O) groups is 2. The lowest BCUT2D eigenvalue weighted by molar-refractivity contribution is -0.137. The van der Waals surface area contributed by atoms with E-state index >= 15 is 0 Å². The third-order valence-electron chi connectivity index (χ3n) is 4.87. The van der Waals surface area contributed by atoms with Gasteiger partial charge in [-0.15, -0.1) is 0 Å². The lowest BCUT2D eigenvalue weighted by atomic mass is 9.89. The van der Waals surface area contributed by atoms with Crippen LogP contribution >= 0.6 is 0 Å². The third-order valence-corrected chi connectivity index (χ3v) is 4.87. The van der Waals surface area contributed by atoms with E-state index < -0.39 is 30.2 Å². The van der Waals surface area contributed by atoms with E-state index in [-0.39, 0.29) is 30.6 Å². The SMILES string of the molecule is O=C(COc1cccc(C(F)(F)F)c1)NCCNC(=O)c1nc(C2CCCCC2)no1. The van der Waals surface area contributed by atoms with Gasteiger partial charge in [-0.3, -0.25) is 9.59 Å². The second kappa shape index (κ2) is 10.3. The molecule has 2 amide bonds. The second-order valence-corrected chi connectivity index (χ2v) is 7.21. The molecule has 31 heavy (non-hydrogen) atoms. The minimum absolute atomic E-state index is 0.0663. The van der Waals surface area contributed by atoms with Crippen molar-refractivity contribution in [1.29, 1.82) is 0 Å². The van der Waals surface area contributed by atoms with Crippen molar-refractivity contribution in [3.05, 3.63) is 41.5 Å². The molecule has 1 aromatic heterocycles. The summed E-state index contributed by atoms with van der Waals surface area (Å²) in [6.45, 7) is -0.251. The van der Waals surface area contributed by atoms with Crippen molar-refractivity contribution in [3.8, 4) is 5.75 Å². The number of alkyl halides is 3. The first kappa shape index (κ1) is 22.6. The Balaban J connectivity index is 1.35. The molecule has 1 aromatic carbocycles. The number of halogens is 3. The van der Waals surface area contributed by atoms with Crippen LogP contribution in [0.15, 0.2) is 28.8 Å². The maximum Gasteiger partial charge on any atom is 0.416 e. The molecule has 2 N–H and O–H groups in total. The number of benzene rings is 1. The van der Waals surface area contributed by atoms with Gasteiger partial charge < -0.3 is 19.9 Å². The zero-order valence-electron chi connectivity index (χ0n) is 16.7. The van der Waals surface area contributed by atoms with Crippen molar-refractivity contribution < 1.29 is 32.0 Å². The van der Waals surface area contributed by atoms with Crippen LogP contribution in [0, 0.1) is 0 Å². The van der Waals surface area contributed by atoms with Gasteiger partial charge in [-0.05, 0) is 31.0 Å². The Bertz CT molecular complexity index is 895. The Kier molecular flexibility index (Phi) is 7.48. The molecule has 11 heteroatoms. The minimum Gasteiger partial charge on any atom is -0.484 e. The highest BCUT2D eigenvalue weighted by Crippen LogP contribution is 2.31. The van der Waals surface area contributed by atoms with Gasteiger partial charge in [0.2, 0.25) is 0 Å². The molecule has 2 aromatic rings. The lowest BCUT2D eigenvalue weighted by Crippen LogP contribution is -2.36. The summed E-state index contributed by atoms with van der Waals surface area (Å²) < 4.78 is 48.1. The van der Waals surface area contributed by atoms with Gasteiger partial charge in [0, 0.05) is 19.0 Å². The maximum absolute atomic E-state index is 12.7. The number of aromatic nitrogens is 2. The van der Waals surface area contributed by atoms with Gasteiger partial charge in [0.25, 0.3) is 5.91 Å². The fourth-order valence-electron chi connectivity index (χ4n) is 3.27. The highest BCUT2D eigenvalue weighted by Gasteiger charge is 2.30. The van der Waals surface area contributed by atoms with Gasteiger partial charge >= 0.3 is 18.0 Å². The summed E-state index contributed by atoms with van der Waals surface area (Å²) in [5.74, 6) is -0.503. The molecule has 0 radical (unpaired) electrons. The predicted molar refractivity (Wildman–Crippen MR) is 102 cm³/mol. The summed E-state index contributed by atoms with van der Waals surface area (Å²) in [5.41, 5.74) is -0.860. The number of ether oxygens (including phenoxy) is 1. The second-order valence-electron chi connectivity index (χ2n) is 7.21. The molecule has 1 aliphatic carbocycles. The third kappa shape index (κ3) is 6.69. The van der Waals surface area contributed by atoms with E-state index in [1.165, 1.54) is 18.6 Å². The number of hydrogen-bond donors (Lipinski definition) is 2. The standard InChI is InChI=1S/C20H23F3N4O4/c21-20(22,23)14-7-4-8-15(11-14)30-12-16(28)24-9-10-25-18(29)19-26-17(27-31-19)13-5-2-1-3-6-13/h4,7-8,11,13H,1-3,5-6,9-10,12H2,(H,24,28)(H,25,29). The van der Waals surface area contributed by atoms with Crippen molar-refractivity contribution in [2.75, 3.05) is 19.7 Å². The van der Waals surface area contributed by atoms with Gasteiger partial charge in [0.1, 0.15) is 5.75 Å². The van der Waals surface area contributed by atoms with Crippen LogP contribution in [0.1, 0.15) is 60.1 Å². The topological polar surface area (TPSA) is 106 Å². The fourth-order valence-corrected chi connectivity index (χ4v) is 3.27. The van der Waals surface area contributed by atoms with Gasteiger partial charge in [-0.2, -0.15) is 18.2 Å². The summed E-state index contributed by atoms with van der Waals surface area (Å²) in [5, 5.41) is 8.93. The number of rotatable bonds is 8. The van der Waals surface area contributed by atoms with Crippen molar-refractivity contribution in [1.82, 2.24) is 20.8 Å². The fraction of sp³-hybridized carbons (Fsp3) is 0.500. The Morgan fingerprint density at radius 1 is 1.13 bits per heavy atom. The van der Waals surface area contributed by atoms with E-state index in [2.05, 4.69) is 20.8 Å². The van der Waals surface area contributed by atoms with Crippen LogP contribution in [-0.2, 0) is 11.0 Å². The highest BCUT2D eigenvalue weighted by atomic mass is 19.4. The first-order chi connectivity index (χ1) is 14.8. The normalized spacial score (nSPS) is 14.8. The van der Waals surface area contributed by atoms with Crippen LogP contribution in [0.3, 0.4) is 0 Å². The molecular weight excluding hydrogens is 417 g/mol. The summed E-state index contributed by atoms with van der Waals surface area (Å²) in [7, 11) is 0. The first-order valence-corrected chi connectivity index (χ1v) is 10.0. The van der Waals surface area contributed by atoms with Crippen molar-refractivity contribution >= 4 is 11.8 Å².